The third kappa shape index (κ3) is 4.73. The highest BCUT2D eigenvalue weighted by molar-refractivity contribution is 5.87. The molecule has 0 fully saturated rings. The summed E-state index contributed by atoms with van der Waals surface area (Å²) in [4.78, 5) is 23.3. The fraction of sp³-hybridized carbons (Fsp3) is 0.467. The lowest BCUT2D eigenvalue weighted by molar-refractivity contribution is -0.149. The van der Waals surface area contributed by atoms with Crippen molar-refractivity contribution < 1.29 is 23.5 Å². The fourth-order valence-electron chi connectivity index (χ4n) is 1.84. The first-order valence-electron chi connectivity index (χ1n) is 6.52. The molecule has 5 nitrogen and oxygen atoms in total. The van der Waals surface area contributed by atoms with Gasteiger partial charge < -0.3 is 14.8 Å². The van der Waals surface area contributed by atoms with Crippen molar-refractivity contribution in [1.29, 1.82) is 0 Å². The minimum atomic E-state index is -1.09. The molecule has 116 valence electrons. The van der Waals surface area contributed by atoms with Crippen molar-refractivity contribution in [1.82, 2.24) is 5.32 Å². The summed E-state index contributed by atoms with van der Waals surface area (Å²) in [5, 5.41) is 2.58. The molecule has 1 amide bonds. The average molecular weight is 297 g/mol. The van der Waals surface area contributed by atoms with Crippen LogP contribution in [-0.4, -0.2) is 31.6 Å². The zero-order valence-corrected chi connectivity index (χ0v) is 12.7. The normalized spacial score (nSPS) is 10.9. The molecule has 0 unspecified atom stereocenters. The Labute approximate surface area is 123 Å². The first-order chi connectivity index (χ1) is 9.80. The van der Waals surface area contributed by atoms with Crippen LogP contribution in [0.3, 0.4) is 0 Å². The number of nitrogens with one attached hydrogen (secondary N) is 1. The zero-order valence-electron chi connectivity index (χ0n) is 12.7. The van der Waals surface area contributed by atoms with Gasteiger partial charge in [0.2, 0.25) is 5.91 Å². The molecule has 0 heterocycles. The zero-order chi connectivity index (χ0) is 16.0. The number of ether oxygens (including phenoxy) is 2. The Morgan fingerprint density at radius 2 is 1.95 bits per heavy atom. The lowest BCUT2D eigenvalue weighted by Gasteiger charge is -2.23. The maximum absolute atomic E-state index is 13.5. The minimum Gasteiger partial charge on any atom is -0.494 e. The summed E-state index contributed by atoms with van der Waals surface area (Å²) in [7, 11) is 2.65. The Morgan fingerprint density at radius 3 is 2.48 bits per heavy atom. The Balaban J connectivity index is 2.57. The summed E-state index contributed by atoms with van der Waals surface area (Å²) in [5.74, 6) is -1.13. The van der Waals surface area contributed by atoms with Gasteiger partial charge in [-0.25, -0.2) is 9.18 Å². The Bertz CT molecular complexity index is 528. The maximum atomic E-state index is 13.5. The maximum Gasteiger partial charge on any atom is 0.330 e. The summed E-state index contributed by atoms with van der Waals surface area (Å²) >= 11 is 0. The number of halogens is 1. The van der Waals surface area contributed by atoms with Crippen LogP contribution in [0, 0.1) is 5.82 Å². The molecule has 1 aromatic carbocycles. The van der Waals surface area contributed by atoms with Crippen molar-refractivity contribution in [2.24, 2.45) is 0 Å². The molecule has 0 radical (unpaired) electrons. The van der Waals surface area contributed by atoms with Gasteiger partial charge in [-0.3, -0.25) is 4.79 Å². The molecule has 0 saturated heterocycles. The van der Waals surface area contributed by atoms with E-state index in [1.807, 2.05) is 0 Å². The molecule has 0 spiro atoms. The SMILES string of the molecule is COC(=O)C(C)(C)NC(=O)CCc1ccc(OC)c(F)c1. The van der Waals surface area contributed by atoms with Gasteiger partial charge in [0.25, 0.3) is 0 Å². The van der Waals surface area contributed by atoms with Crippen LogP contribution in [0.15, 0.2) is 18.2 Å². The van der Waals surface area contributed by atoms with Crippen molar-refractivity contribution in [3.8, 4) is 5.75 Å². The highest BCUT2D eigenvalue weighted by Crippen LogP contribution is 2.18. The summed E-state index contributed by atoms with van der Waals surface area (Å²) < 4.78 is 22.9. The highest BCUT2D eigenvalue weighted by atomic mass is 19.1. The number of methoxy groups -OCH3 is 2. The van der Waals surface area contributed by atoms with Crippen molar-refractivity contribution in [2.75, 3.05) is 14.2 Å². The van der Waals surface area contributed by atoms with Crippen LogP contribution in [0.5, 0.6) is 5.75 Å². The second-order valence-electron chi connectivity index (χ2n) is 5.13. The summed E-state index contributed by atoms with van der Waals surface area (Å²) in [5.41, 5.74) is -0.406. The van der Waals surface area contributed by atoms with Crippen molar-refractivity contribution in [3.63, 3.8) is 0 Å². The summed E-state index contributed by atoms with van der Waals surface area (Å²) in [6.07, 6.45) is 0.510. The molecule has 0 aliphatic heterocycles. The highest BCUT2D eigenvalue weighted by Gasteiger charge is 2.30. The number of aryl methyl sites for hydroxylation is 1. The minimum absolute atomic E-state index is 0.145. The molecule has 21 heavy (non-hydrogen) atoms. The lowest BCUT2D eigenvalue weighted by Crippen LogP contribution is -2.50. The third-order valence-electron chi connectivity index (χ3n) is 3.00. The number of esters is 1. The van der Waals surface area contributed by atoms with Gasteiger partial charge in [-0.05, 0) is 38.0 Å². The average Bonchev–Trinajstić information content (AvgIpc) is 2.43. The van der Waals surface area contributed by atoms with E-state index in [0.717, 1.165) is 0 Å². The van der Waals surface area contributed by atoms with Crippen LogP contribution in [-0.2, 0) is 20.7 Å². The predicted molar refractivity (Wildman–Crippen MR) is 75.5 cm³/mol. The Hall–Kier alpha value is -2.11. The third-order valence-corrected chi connectivity index (χ3v) is 3.00. The molecule has 0 aliphatic rings. The molecule has 0 aromatic heterocycles. The molecule has 1 N–H and O–H groups in total. The second-order valence-corrected chi connectivity index (χ2v) is 5.13. The van der Waals surface area contributed by atoms with E-state index < -0.39 is 17.3 Å². The van der Waals surface area contributed by atoms with Gasteiger partial charge in [-0.15, -0.1) is 0 Å². The van der Waals surface area contributed by atoms with E-state index in [9.17, 15) is 14.0 Å². The van der Waals surface area contributed by atoms with Gasteiger partial charge in [0.1, 0.15) is 5.54 Å². The van der Waals surface area contributed by atoms with E-state index >= 15 is 0 Å². The molecular weight excluding hydrogens is 277 g/mol. The molecule has 0 aliphatic carbocycles. The second kappa shape index (κ2) is 7.06. The van der Waals surface area contributed by atoms with E-state index in [1.165, 1.54) is 26.4 Å². The van der Waals surface area contributed by atoms with Crippen molar-refractivity contribution >= 4 is 11.9 Å². The van der Waals surface area contributed by atoms with E-state index in [0.29, 0.717) is 12.0 Å². The van der Waals surface area contributed by atoms with Crippen LogP contribution >= 0.6 is 0 Å². The Morgan fingerprint density at radius 1 is 1.29 bits per heavy atom. The van der Waals surface area contributed by atoms with E-state index in [4.69, 9.17) is 4.74 Å². The van der Waals surface area contributed by atoms with Gasteiger partial charge in [-0.1, -0.05) is 6.07 Å². The molecule has 0 atom stereocenters. The van der Waals surface area contributed by atoms with Crippen molar-refractivity contribution in [3.05, 3.63) is 29.6 Å². The first kappa shape index (κ1) is 16.9. The smallest absolute Gasteiger partial charge is 0.330 e. The van der Waals surface area contributed by atoms with Gasteiger partial charge in [0, 0.05) is 6.42 Å². The van der Waals surface area contributed by atoms with Crippen LogP contribution in [0.4, 0.5) is 4.39 Å². The van der Waals surface area contributed by atoms with Crippen LogP contribution in [0.25, 0.3) is 0 Å². The molecule has 0 bridgehead atoms. The number of carbonyl (C=O) groups excluding carboxylic acids is 2. The fourth-order valence-corrected chi connectivity index (χ4v) is 1.84. The lowest BCUT2D eigenvalue weighted by atomic mass is 10.0. The Kier molecular flexibility index (Phi) is 5.69. The van der Waals surface area contributed by atoms with E-state index in [2.05, 4.69) is 10.1 Å². The standard InChI is InChI=1S/C15H20FNO4/c1-15(2,14(19)21-4)17-13(18)8-6-10-5-7-12(20-3)11(16)9-10/h5,7,9H,6,8H2,1-4H3,(H,17,18). The number of rotatable bonds is 6. The number of hydrogen-bond donors (Lipinski definition) is 1. The summed E-state index contributed by atoms with van der Waals surface area (Å²) in [6.45, 7) is 3.12. The van der Waals surface area contributed by atoms with Gasteiger partial charge in [0.05, 0.1) is 14.2 Å². The van der Waals surface area contributed by atoms with Crippen molar-refractivity contribution in [2.45, 2.75) is 32.2 Å². The largest absolute Gasteiger partial charge is 0.494 e. The van der Waals surface area contributed by atoms with Crippen LogP contribution in [0.2, 0.25) is 0 Å². The molecule has 0 saturated carbocycles. The molecular formula is C15H20FNO4. The van der Waals surface area contributed by atoms with Gasteiger partial charge in [0.15, 0.2) is 11.6 Å². The van der Waals surface area contributed by atoms with E-state index in [1.54, 1.807) is 19.9 Å². The topological polar surface area (TPSA) is 64.6 Å². The van der Waals surface area contributed by atoms with Crippen LogP contribution in [0.1, 0.15) is 25.8 Å². The summed E-state index contributed by atoms with van der Waals surface area (Å²) in [6, 6.07) is 4.54. The van der Waals surface area contributed by atoms with Gasteiger partial charge in [-0.2, -0.15) is 0 Å². The molecule has 1 rings (SSSR count). The number of hydrogen-bond acceptors (Lipinski definition) is 4. The number of carbonyl (C=O) groups is 2. The quantitative estimate of drug-likeness (QED) is 0.814. The van der Waals surface area contributed by atoms with Gasteiger partial charge >= 0.3 is 5.97 Å². The number of benzene rings is 1. The molecule has 6 heteroatoms. The van der Waals surface area contributed by atoms with E-state index in [-0.39, 0.29) is 18.1 Å². The van der Waals surface area contributed by atoms with Crippen LogP contribution < -0.4 is 10.1 Å². The predicted octanol–water partition coefficient (Wildman–Crippen LogP) is 1.83. The number of amides is 1. The molecule has 1 aromatic rings. The monoisotopic (exact) mass is 297 g/mol. The first-order valence-corrected chi connectivity index (χ1v) is 6.52.